The highest BCUT2D eigenvalue weighted by molar-refractivity contribution is 7.25. The van der Waals surface area contributed by atoms with Gasteiger partial charge in [-0.05, 0) is 24.1 Å². The van der Waals surface area contributed by atoms with Gasteiger partial charge in [0.2, 0.25) is 0 Å². The number of rotatable bonds is 1. The number of hydrogen-bond donors (Lipinski definition) is 1. The number of aromatic amines is 1. The molecule has 0 saturated carbocycles. The SMILES string of the molecule is Cc1cc(-c2ccccc2)c2c(n1)sc1c(=O)[nH]cnc12. The summed E-state index contributed by atoms with van der Waals surface area (Å²) >= 11 is 1.39. The van der Waals surface area contributed by atoms with Crippen molar-refractivity contribution in [3.05, 3.63) is 58.8 Å². The molecule has 1 aromatic carbocycles. The molecule has 0 aliphatic rings. The summed E-state index contributed by atoms with van der Waals surface area (Å²) in [6, 6.07) is 12.2. The maximum atomic E-state index is 12.0. The van der Waals surface area contributed by atoms with Gasteiger partial charge in [-0.15, -0.1) is 11.3 Å². The van der Waals surface area contributed by atoms with Gasteiger partial charge in [-0.25, -0.2) is 9.97 Å². The zero-order valence-corrected chi connectivity index (χ0v) is 12.1. The van der Waals surface area contributed by atoms with Crippen molar-refractivity contribution in [2.24, 2.45) is 0 Å². The number of thiophene rings is 1. The summed E-state index contributed by atoms with van der Waals surface area (Å²) in [6.07, 6.45) is 1.45. The van der Waals surface area contributed by atoms with E-state index < -0.39 is 0 Å². The predicted octanol–water partition coefficient (Wildman–Crippen LogP) is 3.51. The lowest BCUT2D eigenvalue weighted by molar-refractivity contribution is 1.18. The minimum atomic E-state index is -0.111. The lowest BCUT2D eigenvalue weighted by Gasteiger charge is -2.05. The van der Waals surface area contributed by atoms with Crippen LogP contribution in [0.2, 0.25) is 0 Å². The first-order valence-electron chi connectivity index (χ1n) is 6.57. The van der Waals surface area contributed by atoms with Gasteiger partial charge < -0.3 is 4.98 Å². The van der Waals surface area contributed by atoms with Crippen LogP contribution in [0.15, 0.2) is 47.5 Å². The van der Waals surface area contributed by atoms with E-state index in [1.54, 1.807) is 0 Å². The van der Waals surface area contributed by atoms with E-state index in [-0.39, 0.29) is 5.56 Å². The standard InChI is InChI=1S/C16H11N3OS/c1-9-7-11(10-5-3-2-4-6-10)12-13-14(21-16(12)19-9)15(20)18-8-17-13/h2-8H,1H3,(H,17,18,20). The first kappa shape index (κ1) is 12.2. The zero-order chi connectivity index (χ0) is 14.4. The van der Waals surface area contributed by atoms with E-state index >= 15 is 0 Å². The number of fused-ring (bicyclic) bond motifs is 3. The second kappa shape index (κ2) is 4.49. The summed E-state index contributed by atoms with van der Waals surface area (Å²) in [5, 5.41) is 0.956. The van der Waals surface area contributed by atoms with Crippen molar-refractivity contribution in [2.45, 2.75) is 6.92 Å². The molecule has 0 fully saturated rings. The quantitative estimate of drug-likeness (QED) is 0.584. The lowest BCUT2D eigenvalue weighted by Crippen LogP contribution is -2.03. The number of H-pyrrole nitrogens is 1. The number of nitrogens with one attached hydrogen (secondary N) is 1. The fourth-order valence-corrected chi connectivity index (χ4v) is 3.64. The molecule has 0 saturated heterocycles. The van der Waals surface area contributed by atoms with Crippen LogP contribution in [-0.4, -0.2) is 15.0 Å². The Morgan fingerprint density at radius 2 is 2.00 bits per heavy atom. The average Bonchev–Trinajstić information content (AvgIpc) is 2.87. The summed E-state index contributed by atoms with van der Waals surface area (Å²) in [7, 11) is 0. The number of hydrogen-bond acceptors (Lipinski definition) is 4. The van der Waals surface area contributed by atoms with Gasteiger partial charge in [0.15, 0.2) is 0 Å². The third-order valence-electron chi connectivity index (χ3n) is 3.45. The minimum Gasteiger partial charge on any atom is -0.312 e. The van der Waals surface area contributed by atoms with Crippen molar-refractivity contribution in [3.8, 4) is 11.1 Å². The molecule has 4 rings (SSSR count). The number of aromatic nitrogens is 3. The van der Waals surface area contributed by atoms with E-state index in [9.17, 15) is 4.79 Å². The fraction of sp³-hybridized carbons (Fsp3) is 0.0625. The predicted molar refractivity (Wildman–Crippen MR) is 85.7 cm³/mol. The molecule has 0 unspecified atom stereocenters. The van der Waals surface area contributed by atoms with E-state index in [1.807, 2.05) is 31.2 Å². The number of aryl methyl sites for hydroxylation is 1. The lowest BCUT2D eigenvalue weighted by atomic mass is 10.0. The molecule has 1 N–H and O–H groups in total. The van der Waals surface area contributed by atoms with Crippen molar-refractivity contribution >= 4 is 31.8 Å². The van der Waals surface area contributed by atoms with Crippen LogP contribution in [0.3, 0.4) is 0 Å². The van der Waals surface area contributed by atoms with E-state index in [0.717, 1.165) is 32.6 Å². The van der Waals surface area contributed by atoms with Crippen LogP contribution < -0.4 is 5.56 Å². The smallest absolute Gasteiger partial charge is 0.268 e. The van der Waals surface area contributed by atoms with Crippen molar-refractivity contribution in [3.63, 3.8) is 0 Å². The van der Waals surface area contributed by atoms with Crippen LogP contribution >= 0.6 is 11.3 Å². The van der Waals surface area contributed by atoms with Crippen LogP contribution in [0.1, 0.15) is 5.69 Å². The van der Waals surface area contributed by atoms with Crippen LogP contribution in [0.5, 0.6) is 0 Å². The Hall–Kier alpha value is -2.53. The molecular formula is C16H11N3OS. The summed E-state index contributed by atoms with van der Waals surface area (Å²) in [5.41, 5.74) is 3.73. The molecule has 3 aromatic heterocycles. The Morgan fingerprint density at radius 1 is 1.19 bits per heavy atom. The van der Waals surface area contributed by atoms with E-state index in [1.165, 1.54) is 17.7 Å². The number of pyridine rings is 1. The molecule has 0 aliphatic heterocycles. The summed E-state index contributed by atoms with van der Waals surface area (Å²) in [6.45, 7) is 1.97. The molecule has 4 nitrogen and oxygen atoms in total. The molecule has 21 heavy (non-hydrogen) atoms. The maximum absolute atomic E-state index is 12.0. The van der Waals surface area contributed by atoms with E-state index in [0.29, 0.717) is 4.70 Å². The van der Waals surface area contributed by atoms with E-state index in [4.69, 9.17) is 0 Å². The fourth-order valence-electron chi connectivity index (χ4n) is 2.55. The van der Waals surface area contributed by atoms with E-state index in [2.05, 4.69) is 27.1 Å². The topological polar surface area (TPSA) is 58.6 Å². The van der Waals surface area contributed by atoms with Crippen molar-refractivity contribution in [1.29, 1.82) is 0 Å². The zero-order valence-electron chi connectivity index (χ0n) is 11.3. The molecule has 102 valence electrons. The normalized spacial score (nSPS) is 11.3. The third-order valence-corrected chi connectivity index (χ3v) is 4.52. The highest BCUT2D eigenvalue weighted by atomic mass is 32.1. The molecule has 0 spiro atoms. The molecule has 0 aliphatic carbocycles. The Labute approximate surface area is 124 Å². The summed E-state index contributed by atoms with van der Waals surface area (Å²) < 4.78 is 0.628. The van der Waals surface area contributed by atoms with Gasteiger partial charge in [-0.1, -0.05) is 30.3 Å². The highest BCUT2D eigenvalue weighted by Gasteiger charge is 2.15. The molecule has 3 heterocycles. The summed E-state index contributed by atoms with van der Waals surface area (Å²) in [5.74, 6) is 0. The Morgan fingerprint density at radius 3 is 2.81 bits per heavy atom. The molecule has 0 amide bonds. The molecule has 0 atom stereocenters. The molecule has 0 bridgehead atoms. The molecule has 0 radical (unpaired) electrons. The van der Waals surface area contributed by atoms with Crippen LogP contribution in [0.25, 0.3) is 31.6 Å². The van der Waals surface area contributed by atoms with Gasteiger partial charge in [0.25, 0.3) is 5.56 Å². The van der Waals surface area contributed by atoms with Crippen LogP contribution in [0.4, 0.5) is 0 Å². The largest absolute Gasteiger partial charge is 0.312 e. The van der Waals surface area contributed by atoms with Gasteiger partial charge in [0.1, 0.15) is 9.53 Å². The van der Waals surface area contributed by atoms with Gasteiger partial charge >= 0.3 is 0 Å². The first-order valence-corrected chi connectivity index (χ1v) is 7.38. The van der Waals surface area contributed by atoms with Crippen LogP contribution in [-0.2, 0) is 0 Å². The van der Waals surface area contributed by atoms with Gasteiger partial charge in [0, 0.05) is 11.1 Å². The third kappa shape index (κ3) is 1.86. The van der Waals surface area contributed by atoms with Gasteiger partial charge in [0.05, 0.1) is 11.8 Å². The summed E-state index contributed by atoms with van der Waals surface area (Å²) in [4.78, 5) is 24.4. The number of benzene rings is 1. The maximum Gasteiger partial charge on any atom is 0.268 e. The molecule has 4 aromatic rings. The number of nitrogens with zero attached hydrogens (tertiary/aromatic N) is 2. The Balaban J connectivity index is 2.23. The second-order valence-corrected chi connectivity index (χ2v) is 5.87. The average molecular weight is 293 g/mol. The monoisotopic (exact) mass is 293 g/mol. The van der Waals surface area contributed by atoms with Crippen LogP contribution in [0, 0.1) is 6.92 Å². The van der Waals surface area contributed by atoms with Crippen molar-refractivity contribution < 1.29 is 0 Å². The van der Waals surface area contributed by atoms with Gasteiger partial charge in [-0.3, -0.25) is 4.79 Å². The van der Waals surface area contributed by atoms with Crippen molar-refractivity contribution in [1.82, 2.24) is 15.0 Å². The molecule has 5 heteroatoms. The Bertz CT molecular complexity index is 1020. The van der Waals surface area contributed by atoms with Crippen molar-refractivity contribution in [2.75, 3.05) is 0 Å². The Kier molecular flexibility index (Phi) is 2.62. The minimum absolute atomic E-state index is 0.111. The first-order chi connectivity index (χ1) is 10.2. The van der Waals surface area contributed by atoms with Gasteiger partial charge in [-0.2, -0.15) is 0 Å². The second-order valence-electron chi connectivity index (χ2n) is 4.87. The highest BCUT2D eigenvalue weighted by Crippen LogP contribution is 2.36. The molecular weight excluding hydrogens is 282 g/mol.